The van der Waals surface area contributed by atoms with Crippen LogP contribution in [0, 0.1) is 5.92 Å². The second-order valence-electron chi connectivity index (χ2n) is 4.88. The summed E-state index contributed by atoms with van der Waals surface area (Å²) in [5.74, 6) is 0.653. The van der Waals surface area contributed by atoms with E-state index in [1.165, 1.54) is 27.7 Å². The number of nitrogens with zero attached hydrogens (tertiary/aromatic N) is 2. The van der Waals surface area contributed by atoms with E-state index in [1.807, 2.05) is 25.3 Å². The minimum absolute atomic E-state index is 0.0386. The molecule has 0 aliphatic carbocycles. The fraction of sp³-hybridized carbons (Fsp3) is 0.462. The lowest BCUT2D eigenvalue weighted by Gasteiger charge is -2.09. The third-order valence-corrected chi connectivity index (χ3v) is 4.61. The first-order valence-electron chi connectivity index (χ1n) is 6.32. The lowest BCUT2D eigenvalue weighted by atomic mass is 10.2. The van der Waals surface area contributed by atoms with E-state index < -0.39 is 0 Å². The molecule has 20 heavy (non-hydrogen) atoms. The van der Waals surface area contributed by atoms with Crippen LogP contribution in [0.4, 0.5) is 0 Å². The van der Waals surface area contributed by atoms with Crippen LogP contribution < -0.4 is 10.9 Å². The van der Waals surface area contributed by atoms with Gasteiger partial charge in [-0.15, -0.1) is 11.3 Å². The summed E-state index contributed by atoms with van der Waals surface area (Å²) >= 11 is 2.67. The Morgan fingerprint density at radius 1 is 1.55 bits per heavy atom. The second kappa shape index (κ2) is 6.41. The molecule has 2 aromatic rings. The van der Waals surface area contributed by atoms with Crippen molar-refractivity contribution in [1.82, 2.24) is 14.9 Å². The highest BCUT2D eigenvalue weighted by molar-refractivity contribution is 7.99. The van der Waals surface area contributed by atoms with Gasteiger partial charge in [-0.05, 0) is 17.4 Å². The molecule has 0 bridgehead atoms. The predicted octanol–water partition coefficient (Wildman–Crippen LogP) is 1.86. The van der Waals surface area contributed by atoms with E-state index in [9.17, 15) is 9.59 Å². The first-order valence-corrected chi connectivity index (χ1v) is 8.19. The molecular weight excluding hydrogens is 294 g/mol. The van der Waals surface area contributed by atoms with Crippen LogP contribution in [-0.4, -0.2) is 27.8 Å². The number of nitrogens with one attached hydrogen (secondary N) is 1. The van der Waals surface area contributed by atoms with Crippen molar-refractivity contribution in [2.24, 2.45) is 13.0 Å². The molecule has 0 radical (unpaired) electrons. The van der Waals surface area contributed by atoms with Gasteiger partial charge in [0.15, 0.2) is 5.16 Å². The number of hydrogen-bond donors (Lipinski definition) is 1. The summed E-state index contributed by atoms with van der Waals surface area (Å²) in [6.07, 6.45) is 0. The molecule has 0 aliphatic heterocycles. The quantitative estimate of drug-likeness (QED) is 0.676. The smallest absolute Gasteiger partial charge is 0.271 e. The van der Waals surface area contributed by atoms with E-state index >= 15 is 0 Å². The highest BCUT2D eigenvalue weighted by Crippen LogP contribution is 2.19. The number of fused-ring (bicyclic) bond motifs is 1. The standard InChI is InChI=1S/C13H17N3O2S2/c1-8(2)6-14-10(17)7-20-13-15-9-4-5-19-11(9)12(18)16(13)3/h4-5,8H,6-7H2,1-3H3,(H,14,17). The Kier molecular flexibility index (Phi) is 4.82. The first-order chi connectivity index (χ1) is 9.49. The fourth-order valence-corrected chi connectivity index (χ4v) is 3.20. The van der Waals surface area contributed by atoms with E-state index in [0.29, 0.717) is 27.8 Å². The predicted molar refractivity (Wildman–Crippen MR) is 83.4 cm³/mol. The molecule has 0 spiro atoms. The van der Waals surface area contributed by atoms with Crippen molar-refractivity contribution in [3.8, 4) is 0 Å². The Morgan fingerprint density at radius 2 is 2.30 bits per heavy atom. The molecule has 108 valence electrons. The van der Waals surface area contributed by atoms with E-state index in [2.05, 4.69) is 10.3 Å². The van der Waals surface area contributed by atoms with Crippen LogP contribution in [0.5, 0.6) is 0 Å². The van der Waals surface area contributed by atoms with Crippen molar-refractivity contribution in [3.05, 3.63) is 21.8 Å². The molecule has 2 rings (SSSR count). The van der Waals surface area contributed by atoms with Crippen LogP contribution in [0.1, 0.15) is 13.8 Å². The van der Waals surface area contributed by atoms with Crippen molar-refractivity contribution in [2.75, 3.05) is 12.3 Å². The molecule has 1 N–H and O–H groups in total. The summed E-state index contributed by atoms with van der Waals surface area (Å²) in [4.78, 5) is 28.2. The Labute approximate surface area is 125 Å². The Hall–Kier alpha value is -1.34. The molecule has 0 aromatic carbocycles. The highest BCUT2D eigenvalue weighted by Gasteiger charge is 2.11. The minimum Gasteiger partial charge on any atom is -0.355 e. The lowest BCUT2D eigenvalue weighted by molar-refractivity contribution is -0.118. The van der Waals surface area contributed by atoms with Crippen molar-refractivity contribution < 1.29 is 4.79 Å². The maximum absolute atomic E-state index is 12.1. The summed E-state index contributed by atoms with van der Waals surface area (Å²) < 4.78 is 2.15. The van der Waals surface area contributed by atoms with Gasteiger partial charge in [0.1, 0.15) is 4.70 Å². The number of amides is 1. The van der Waals surface area contributed by atoms with Crippen molar-refractivity contribution in [2.45, 2.75) is 19.0 Å². The molecule has 0 aliphatic rings. The number of carbonyl (C=O) groups excluding carboxylic acids is 1. The van der Waals surface area contributed by atoms with Crippen LogP contribution in [0.3, 0.4) is 0 Å². The van der Waals surface area contributed by atoms with Gasteiger partial charge in [-0.3, -0.25) is 14.2 Å². The third-order valence-electron chi connectivity index (χ3n) is 2.69. The summed E-state index contributed by atoms with van der Waals surface area (Å²) in [7, 11) is 1.68. The number of thiophene rings is 1. The molecule has 0 fully saturated rings. The van der Waals surface area contributed by atoms with Gasteiger partial charge >= 0.3 is 0 Å². The summed E-state index contributed by atoms with van der Waals surface area (Å²) in [5.41, 5.74) is 0.637. The summed E-state index contributed by atoms with van der Waals surface area (Å²) in [6, 6.07) is 1.82. The van der Waals surface area contributed by atoms with Crippen LogP contribution in [-0.2, 0) is 11.8 Å². The fourth-order valence-electron chi connectivity index (χ4n) is 1.60. The Bertz CT molecular complexity index is 676. The summed E-state index contributed by atoms with van der Waals surface area (Å²) in [6.45, 7) is 4.75. The average molecular weight is 311 g/mol. The van der Waals surface area contributed by atoms with Gasteiger partial charge < -0.3 is 5.32 Å². The van der Waals surface area contributed by atoms with Gasteiger partial charge in [0.25, 0.3) is 5.56 Å². The number of rotatable bonds is 5. The topological polar surface area (TPSA) is 64.0 Å². The molecule has 5 nitrogen and oxygen atoms in total. The molecule has 0 unspecified atom stereocenters. The molecule has 0 saturated carbocycles. The van der Waals surface area contributed by atoms with Crippen LogP contribution in [0.25, 0.3) is 10.2 Å². The van der Waals surface area contributed by atoms with E-state index in [0.717, 1.165) is 0 Å². The van der Waals surface area contributed by atoms with Gasteiger partial charge in [-0.25, -0.2) is 4.98 Å². The van der Waals surface area contributed by atoms with E-state index in [4.69, 9.17) is 0 Å². The Morgan fingerprint density at radius 3 is 3.00 bits per heavy atom. The van der Waals surface area contributed by atoms with Crippen molar-refractivity contribution >= 4 is 39.2 Å². The number of hydrogen-bond acceptors (Lipinski definition) is 5. The van der Waals surface area contributed by atoms with Crippen LogP contribution >= 0.6 is 23.1 Å². The first kappa shape index (κ1) is 15.1. The van der Waals surface area contributed by atoms with Crippen LogP contribution in [0.2, 0.25) is 0 Å². The highest BCUT2D eigenvalue weighted by atomic mass is 32.2. The minimum atomic E-state index is -0.0601. The van der Waals surface area contributed by atoms with Gasteiger partial charge in [0.2, 0.25) is 5.91 Å². The molecule has 2 aromatic heterocycles. The van der Waals surface area contributed by atoms with E-state index in [-0.39, 0.29) is 17.2 Å². The molecular formula is C13H17N3O2S2. The monoisotopic (exact) mass is 311 g/mol. The molecule has 1 amide bonds. The van der Waals surface area contributed by atoms with Crippen molar-refractivity contribution in [3.63, 3.8) is 0 Å². The average Bonchev–Trinajstić information content (AvgIpc) is 2.87. The third kappa shape index (κ3) is 3.40. The second-order valence-corrected chi connectivity index (χ2v) is 6.74. The normalized spacial score (nSPS) is 11.2. The molecule has 2 heterocycles. The lowest BCUT2D eigenvalue weighted by Crippen LogP contribution is -2.29. The molecule has 0 saturated heterocycles. The number of thioether (sulfide) groups is 1. The number of carbonyl (C=O) groups is 1. The Balaban J connectivity index is 2.08. The zero-order chi connectivity index (χ0) is 14.7. The molecule has 0 atom stereocenters. The van der Waals surface area contributed by atoms with Gasteiger partial charge in [-0.1, -0.05) is 25.6 Å². The zero-order valence-electron chi connectivity index (χ0n) is 11.7. The van der Waals surface area contributed by atoms with Gasteiger partial charge in [0, 0.05) is 13.6 Å². The number of aromatic nitrogens is 2. The van der Waals surface area contributed by atoms with Gasteiger partial charge in [-0.2, -0.15) is 0 Å². The SMILES string of the molecule is CC(C)CNC(=O)CSc1nc2ccsc2c(=O)n1C. The largest absolute Gasteiger partial charge is 0.355 e. The van der Waals surface area contributed by atoms with Gasteiger partial charge in [0.05, 0.1) is 11.3 Å². The van der Waals surface area contributed by atoms with Crippen molar-refractivity contribution in [1.29, 1.82) is 0 Å². The summed E-state index contributed by atoms with van der Waals surface area (Å²) in [5, 5.41) is 5.27. The van der Waals surface area contributed by atoms with Crippen LogP contribution in [0.15, 0.2) is 21.4 Å². The molecule has 7 heteroatoms. The maximum atomic E-state index is 12.1. The maximum Gasteiger partial charge on any atom is 0.271 e. The zero-order valence-corrected chi connectivity index (χ0v) is 13.3. The van der Waals surface area contributed by atoms with E-state index in [1.54, 1.807) is 7.05 Å².